The van der Waals surface area contributed by atoms with Crippen molar-refractivity contribution >= 4 is 34.2 Å². The van der Waals surface area contributed by atoms with Crippen molar-refractivity contribution in [3.8, 4) is 5.75 Å². The molecule has 148 valence electrons. The summed E-state index contributed by atoms with van der Waals surface area (Å²) < 4.78 is 9.15. The number of nitrogens with one attached hydrogen (secondary N) is 1. The Hall–Kier alpha value is -3.95. The molecule has 0 unspecified atom stereocenters. The first-order valence-corrected chi connectivity index (χ1v) is 8.77. The molecule has 0 amide bonds. The Morgan fingerprint density at radius 2 is 1.83 bits per heavy atom. The fourth-order valence-corrected chi connectivity index (χ4v) is 3.09. The zero-order valence-corrected chi connectivity index (χ0v) is 16.4. The highest BCUT2D eigenvalue weighted by Crippen LogP contribution is 2.19. The molecule has 1 N–H and O–H groups in total. The number of hydrogen-bond donors (Lipinski definition) is 1. The zero-order chi connectivity index (χ0) is 20.7. The van der Waals surface area contributed by atoms with Gasteiger partial charge in [0.05, 0.1) is 24.5 Å². The van der Waals surface area contributed by atoms with Gasteiger partial charge < -0.3 is 9.30 Å². The second-order valence-electron chi connectivity index (χ2n) is 6.54. The Kier molecular flexibility index (Phi) is 4.38. The summed E-state index contributed by atoms with van der Waals surface area (Å²) in [5, 5.41) is 5.13. The van der Waals surface area contributed by atoms with E-state index in [1.165, 1.54) is 11.6 Å². The van der Waals surface area contributed by atoms with E-state index in [2.05, 4.69) is 20.5 Å². The summed E-state index contributed by atoms with van der Waals surface area (Å²) in [6, 6.07) is 9.40. The Morgan fingerprint density at radius 3 is 2.59 bits per heavy atom. The summed E-state index contributed by atoms with van der Waals surface area (Å²) in [5.41, 5.74) is 4.02. The minimum Gasteiger partial charge on any atom is -0.497 e. The molecule has 3 heterocycles. The molecule has 1 aromatic carbocycles. The van der Waals surface area contributed by atoms with Crippen molar-refractivity contribution in [2.45, 2.75) is 0 Å². The molecule has 4 rings (SSSR count). The molecular formula is C19H19N7O3. The van der Waals surface area contributed by atoms with Crippen molar-refractivity contribution in [1.82, 2.24) is 23.7 Å². The van der Waals surface area contributed by atoms with E-state index in [1.807, 2.05) is 30.3 Å². The summed E-state index contributed by atoms with van der Waals surface area (Å²) in [7, 11) is 6.30. The maximum absolute atomic E-state index is 12.4. The van der Waals surface area contributed by atoms with Crippen molar-refractivity contribution in [3.05, 3.63) is 56.9 Å². The molecule has 0 saturated carbocycles. The Bertz CT molecular complexity index is 1400. The lowest BCUT2D eigenvalue weighted by Crippen LogP contribution is -2.37. The molecule has 10 heteroatoms. The van der Waals surface area contributed by atoms with Gasteiger partial charge in [-0.3, -0.25) is 13.9 Å². The number of aryl methyl sites for hydroxylation is 2. The highest BCUT2D eigenvalue weighted by atomic mass is 16.5. The Morgan fingerprint density at radius 1 is 1.03 bits per heavy atom. The fraction of sp³-hybridized carbons (Fsp3) is 0.211. The Labute approximate surface area is 164 Å². The van der Waals surface area contributed by atoms with Gasteiger partial charge in [0.15, 0.2) is 11.2 Å². The molecule has 0 aliphatic heterocycles. The van der Waals surface area contributed by atoms with Gasteiger partial charge >= 0.3 is 5.69 Å². The lowest BCUT2D eigenvalue weighted by Gasteiger charge is -2.03. The van der Waals surface area contributed by atoms with Gasteiger partial charge in [-0.25, -0.2) is 15.2 Å². The van der Waals surface area contributed by atoms with Crippen LogP contribution >= 0.6 is 0 Å². The summed E-state index contributed by atoms with van der Waals surface area (Å²) in [4.78, 5) is 33.3. The van der Waals surface area contributed by atoms with E-state index in [1.54, 1.807) is 32.0 Å². The van der Waals surface area contributed by atoms with Crippen LogP contribution in [0.3, 0.4) is 0 Å². The number of aromatic nitrogens is 5. The van der Waals surface area contributed by atoms with Crippen LogP contribution in [-0.4, -0.2) is 37.0 Å². The van der Waals surface area contributed by atoms with Crippen molar-refractivity contribution in [2.75, 3.05) is 12.5 Å². The summed E-state index contributed by atoms with van der Waals surface area (Å²) in [6.07, 6.45) is 1.56. The molecule has 3 aromatic heterocycles. The summed E-state index contributed by atoms with van der Waals surface area (Å²) in [5.74, 6) is 1.10. The van der Waals surface area contributed by atoms with Crippen LogP contribution in [0.5, 0.6) is 5.75 Å². The van der Waals surface area contributed by atoms with Crippen molar-refractivity contribution in [3.63, 3.8) is 0 Å². The first kappa shape index (κ1) is 18.4. The van der Waals surface area contributed by atoms with Crippen molar-refractivity contribution in [2.24, 2.45) is 26.2 Å². The van der Waals surface area contributed by atoms with Crippen LogP contribution < -0.4 is 21.4 Å². The van der Waals surface area contributed by atoms with E-state index in [0.717, 1.165) is 21.2 Å². The molecular weight excluding hydrogens is 374 g/mol. The van der Waals surface area contributed by atoms with Gasteiger partial charge in [0.1, 0.15) is 5.75 Å². The molecule has 10 nitrogen and oxygen atoms in total. The molecule has 0 aliphatic carbocycles. The van der Waals surface area contributed by atoms with Crippen LogP contribution in [0, 0.1) is 0 Å². The average molecular weight is 393 g/mol. The van der Waals surface area contributed by atoms with Crippen LogP contribution in [0.25, 0.3) is 22.1 Å². The van der Waals surface area contributed by atoms with Gasteiger partial charge in [-0.2, -0.15) is 10.1 Å². The third-order valence-corrected chi connectivity index (χ3v) is 4.75. The van der Waals surface area contributed by atoms with Gasteiger partial charge in [-0.15, -0.1) is 0 Å². The van der Waals surface area contributed by atoms with Crippen LogP contribution in [0.4, 0.5) is 5.95 Å². The maximum Gasteiger partial charge on any atom is 0.332 e. The van der Waals surface area contributed by atoms with Gasteiger partial charge in [0.25, 0.3) is 5.56 Å². The van der Waals surface area contributed by atoms with E-state index in [0.29, 0.717) is 17.2 Å². The van der Waals surface area contributed by atoms with Gasteiger partial charge in [0, 0.05) is 26.5 Å². The van der Waals surface area contributed by atoms with Gasteiger partial charge in [0.2, 0.25) is 5.95 Å². The highest BCUT2D eigenvalue weighted by Gasteiger charge is 2.16. The number of pyridine rings is 1. The lowest BCUT2D eigenvalue weighted by molar-refractivity contribution is 0.415. The molecule has 0 fully saturated rings. The monoisotopic (exact) mass is 393 g/mol. The number of ether oxygens (including phenoxy) is 1. The highest BCUT2D eigenvalue weighted by molar-refractivity contribution is 5.86. The number of nitrogens with zero attached hydrogens (tertiary/aromatic N) is 6. The zero-order valence-electron chi connectivity index (χ0n) is 16.4. The van der Waals surface area contributed by atoms with Crippen LogP contribution in [0.2, 0.25) is 0 Å². The first-order valence-electron chi connectivity index (χ1n) is 8.77. The molecule has 0 spiro atoms. The SMILES string of the molecule is COc1ccc2nc(C=NNc3nc4c(c(=O)n(C)c(=O)n4C)n3C)ccc2c1. The number of fused-ring (bicyclic) bond motifs is 2. The molecule has 0 atom stereocenters. The Balaban J connectivity index is 1.65. The van der Waals surface area contributed by atoms with Crippen LogP contribution in [-0.2, 0) is 21.1 Å². The molecule has 0 radical (unpaired) electrons. The molecule has 0 aliphatic rings. The van der Waals surface area contributed by atoms with E-state index < -0.39 is 11.2 Å². The normalized spacial score (nSPS) is 11.6. The van der Waals surface area contributed by atoms with Crippen LogP contribution in [0.1, 0.15) is 5.69 Å². The number of imidazole rings is 1. The second-order valence-corrected chi connectivity index (χ2v) is 6.54. The number of hydrogen-bond acceptors (Lipinski definition) is 7. The minimum absolute atomic E-state index is 0.288. The number of benzene rings is 1. The van der Waals surface area contributed by atoms with E-state index in [9.17, 15) is 9.59 Å². The maximum atomic E-state index is 12.4. The number of anilines is 1. The quantitative estimate of drug-likeness (QED) is 0.409. The topological polar surface area (TPSA) is 108 Å². The standard InChI is InChI=1S/C19H19N7O3/c1-24-15-16(25(2)19(28)26(3)17(15)27)22-18(24)23-20-10-12-6-5-11-9-13(29-4)7-8-14(11)21-12/h5-10H,1-4H3,(H,22,23). The number of rotatable bonds is 4. The van der Waals surface area contributed by atoms with Gasteiger partial charge in [-0.05, 0) is 24.3 Å². The minimum atomic E-state index is -0.437. The molecule has 29 heavy (non-hydrogen) atoms. The first-order chi connectivity index (χ1) is 13.9. The molecule has 0 bridgehead atoms. The largest absolute Gasteiger partial charge is 0.497 e. The van der Waals surface area contributed by atoms with Gasteiger partial charge in [-0.1, -0.05) is 6.07 Å². The van der Waals surface area contributed by atoms with Crippen molar-refractivity contribution < 1.29 is 4.74 Å². The average Bonchev–Trinajstić information content (AvgIpc) is 3.06. The van der Waals surface area contributed by atoms with Crippen LogP contribution in [0.15, 0.2) is 45.0 Å². The number of hydrazone groups is 1. The molecule has 0 saturated heterocycles. The lowest BCUT2D eigenvalue weighted by atomic mass is 10.2. The third-order valence-electron chi connectivity index (χ3n) is 4.75. The fourth-order valence-electron chi connectivity index (χ4n) is 3.09. The third kappa shape index (κ3) is 3.04. The summed E-state index contributed by atoms with van der Waals surface area (Å²) in [6.45, 7) is 0. The van der Waals surface area contributed by atoms with Crippen molar-refractivity contribution in [1.29, 1.82) is 0 Å². The van der Waals surface area contributed by atoms with E-state index >= 15 is 0 Å². The summed E-state index contributed by atoms with van der Waals surface area (Å²) >= 11 is 0. The molecule has 4 aromatic rings. The second kappa shape index (κ2) is 6.89. The predicted octanol–water partition coefficient (Wildman–Crippen LogP) is 0.973. The van der Waals surface area contributed by atoms with E-state index in [-0.39, 0.29) is 5.65 Å². The predicted molar refractivity (Wildman–Crippen MR) is 111 cm³/mol. The smallest absolute Gasteiger partial charge is 0.332 e. The van der Waals surface area contributed by atoms with E-state index in [4.69, 9.17) is 4.74 Å². The number of methoxy groups -OCH3 is 1.